The Labute approximate surface area is 222 Å². The first-order valence-electron chi connectivity index (χ1n) is 13.1. The number of ketones is 1. The number of aromatic nitrogens is 1. The van der Waals surface area contributed by atoms with Crippen molar-refractivity contribution in [1.82, 2.24) is 9.88 Å². The lowest BCUT2D eigenvalue weighted by Crippen LogP contribution is -2.52. The van der Waals surface area contributed by atoms with Crippen LogP contribution in [0.25, 0.3) is 10.9 Å². The highest BCUT2D eigenvalue weighted by atomic mass is 79.9. The standard InChI is InChI=1S/C20H28BrNO2.C10H9NO/c1-4-5-19(23)22-10-8-20(9-11-22)13-17(14(2)3)16-12-15(21)6-7-18(16)24-20;1-7(12)9-4-2-3-8-5-6-11-10(8)9/h6-7,12,14,17H,4-5,8-11,13H2,1-3H3;2-6,11H,1H3. The molecule has 0 radical (unpaired) electrons. The summed E-state index contributed by atoms with van der Waals surface area (Å²) in [5, 5.41) is 1.09. The number of fused-ring (bicyclic) bond motifs is 2. The van der Waals surface area contributed by atoms with Gasteiger partial charge in [-0.05, 0) is 67.5 Å². The molecule has 2 aromatic carbocycles. The molecule has 5 nitrogen and oxygen atoms in total. The number of likely N-dealkylation sites (tertiary alicyclic amines) is 1. The monoisotopic (exact) mass is 552 g/mol. The van der Waals surface area contributed by atoms with E-state index >= 15 is 0 Å². The van der Waals surface area contributed by atoms with E-state index in [4.69, 9.17) is 4.74 Å². The first kappa shape index (κ1) is 26.5. The summed E-state index contributed by atoms with van der Waals surface area (Å²) in [7, 11) is 0. The Morgan fingerprint density at radius 3 is 2.58 bits per heavy atom. The maximum absolute atomic E-state index is 12.2. The number of carbonyl (C=O) groups is 2. The molecule has 0 aliphatic carbocycles. The molecule has 0 bridgehead atoms. The third kappa shape index (κ3) is 5.69. The van der Waals surface area contributed by atoms with Crippen LogP contribution in [-0.4, -0.2) is 40.3 Å². The van der Waals surface area contributed by atoms with Crippen LogP contribution in [0.3, 0.4) is 0 Å². The minimum Gasteiger partial charge on any atom is -0.487 e. The van der Waals surface area contributed by atoms with Gasteiger partial charge in [0.15, 0.2) is 5.78 Å². The molecule has 192 valence electrons. The van der Waals surface area contributed by atoms with E-state index in [1.807, 2.05) is 35.4 Å². The molecule has 2 aliphatic rings. The van der Waals surface area contributed by atoms with Gasteiger partial charge in [0.2, 0.25) is 5.91 Å². The quantitative estimate of drug-likeness (QED) is 0.340. The van der Waals surface area contributed by atoms with Crippen LogP contribution >= 0.6 is 15.9 Å². The van der Waals surface area contributed by atoms with Crippen LogP contribution in [-0.2, 0) is 4.79 Å². The number of halogens is 1. The summed E-state index contributed by atoms with van der Waals surface area (Å²) in [6, 6.07) is 14.1. The smallest absolute Gasteiger partial charge is 0.222 e. The molecule has 3 aromatic rings. The summed E-state index contributed by atoms with van der Waals surface area (Å²) in [5.41, 5.74) is 2.93. The van der Waals surface area contributed by atoms with E-state index < -0.39 is 0 Å². The third-order valence-corrected chi connectivity index (χ3v) is 8.05. The van der Waals surface area contributed by atoms with Crippen LogP contribution in [0.2, 0.25) is 0 Å². The van der Waals surface area contributed by atoms with Crippen molar-refractivity contribution in [3.05, 3.63) is 64.3 Å². The normalized spacial score (nSPS) is 18.4. The van der Waals surface area contributed by atoms with E-state index in [1.54, 1.807) is 6.92 Å². The van der Waals surface area contributed by atoms with Gasteiger partial charge in [-0.15, -0.1) is 0 Å². The highest BCUT2D eigenvalue weighted by Crippen LogP contribution is 2.48. The van der Waals surface area contributed by atoms with Gasteiger partial charge in [0.25, 0.3) is 0 Å². The van der Waals surface area contributed by atoms with Gasteiger partial charge in [-0.2, -0.15) is 0 Å². The number of hydrogen-bond donors (Lipinski definition) is 1. The van der Waals surface area contributed by atoms with Crippen LogP contribution in [0, 0.1) is 5.92 Å². The number of nitrogens with one attached hydrogen (secondary N) is 1. The molecule has 36 heavy (non-hydrogen) atoms. The second kappa shape index (κ2) is 11.2. The lowest BCUT2D eigenvalue weighted by Gasteiger charge is -2.48. The van der Waals surface area contributed by atoms with Crippen LogP contribution in [0.4, 0.5) is 0 Å². The first-order chi connectivity index (χ1) is 17.2. The average Bonchev–Trinajstić information content (AvgIpc) is 3.34. The molecule has 1 amide bonds. The SMILES string of the molecule is CC(=O)c1cccc2cc[nH]c12.CCCC(=O)N1CCC2(CC1)CC(C(C)C)c1cc(Br)ccc1O2. The molecule has 1 N–H and O–H groups in total. The van der Waals surface area contributed by atoms with Crippen molar-refractivity contribution in [3.8, 4) is 5.75 Å². The van der Waals surface area contributed by atoms with Crippen molar-refractivity contribution in [2.24, 2.45) is 5.92 Å². The largest absolute Gasteiger partial charge is 0.487 e. The molecule has 1 fully saturated rings. The molecule has 1 unspecified atom stereocenters. The van der Waals surface area contributed by atoms with Gasteiger partial charge in [-0.1, -0.05) is 48.8 Å². The maximum atomic E-state index is 12.2. The fourth-order valence-corrected chi connectivity index (χ4v) is 5.88. The molecule has 3 heterocycles. The number of para-hydroxylation sites is 1. The molecule has 0 saturated carbocycles. The lowest BCUT2D eigenvalue weighted by atomic mass is 9.73. The summed E-state index contributed by atoms with van der Waals surface area (Å²) < 4.78 is 7.64. The first-order valence-corrected chi connectivity index (χ1v) is 13.9. The van der Waals surface area contributed by atoms with Crippen molar-refractivity contribution < 1.29 is 14.3 Å². The molecule has 2 aliphatic heterocycles. The molecule has 1 aromatic heterocycles. The number of rotatable bonds is 4. The summed E-state index contributed by atoms with van der Waals surface area (Å²) >= 11 is 3.59. The fourth-order valence-electron chi connectivity index (χ4n) is 5.50. The average molecular weight is 554 g/mol. The second-order valence-corrected chi connectivity index (χ2v) is 11.4. The van der Waals surface area contributed by atoms with E-state index in [0.717, 1.165) is 65.5 Å². The van der Waals surface area contributed by atoms with Gasteiger partial charge in [0, 0.05) is 54.0 Å². The van der Waals surface area contributed by atoms with Crippen LogP contribution in [0.15, 0.2) is 53.1 Å². The molecule has 5 rings (SSSR count). The fraction of sp³-hybridized carbons (Fsp3) is 0.467. The molecular weight excluding hydrogens is 516 g/mol. The summed E-state index contributed by atoms with van der Waals surface area (Å²) in [6.07, 6.45) is 6.39. The predicted molar refractivity (Wildman–Crippen MR) is 149 cm³/mol. The Balaban J connectivity index is 0.000000211. The number of piperidine rings is 1. The number of carbonyl (C=O) groups excluding carboxylic acids is 2. The zero-order chi connectivity index (χ0) is 25.9. The highest BCUT2D eigenvalue weighted by Gasteiger charge is 2.44. The number of amides is 1. The molecular formula is C30H37BrN2O3. The Morgan fingerprint density at radius 1 is 1.17 bits per heavy atom. The van der Waals surface area contributed by atoms with Gasteiger partial charge >= 0.3 is 0 Å². The predicted octanol–water partition coefficient (Wildman–Crippen LogP) is 7.50. The van der Waals surface area contributed by atoms with Crippen molar-refractivity contribution in [2.45, 2.75) is 71.3 Å². The Kier molecular flexibility index (Phi) is 8.23. The van der Waals surface area contributed by atoms with Crippen molar-refractivity contribution in [1.29, 1.82) is 0 Å². The Hall–Kier alpha value is -2.60. The summed E-state index contributed by atoms with van der Waals surface area (Å²) in [6.45, 7) is 9.90. The number of hydrogen-bond acceptors (Lipinski definition) is 3. The zero-order valence-electron chi connectivity index (χ0n) is 21.8. The number of aromatic amines is 1. The lowest BCUT2D eigenvalue weighted by molar-refractivity contribution is -0.135. The molecule has 1 atom stereocenters. The van der Waals surface area contributed by atoms with E-state index in [2.05, 4.69) is 59.9 Å². The van der Waals surface area contributed by atoms with Gasteiger partial charge in [0.1, 0.15) is 11.4 Å². The highest BCUT2D eigenvalue weighted by molar-refractivity contribution is 9.10. The van der Waals surface area contributed by atoms with Crippen LogP contribution in [0.1, 0.15) is 81.6 Å². The van der Waals surface area contributed by atoms with Gasteiger partial charge in [0.05, 0.1) is 5.52 Å². The second-order valence-electron chi connectivity index (χ2n) is 10.5. The summed E-state index contributed by atoms with van der Waals surface area (Å²) in [5.74, 6) is 2.54. The van der Waals surface area contributed by atoms with E-state index in [1.165, 1.54) is 5.56 Å². The Morgan fingerprint density at radius 2 is 1.92 bits per heavy atom. The topological polar surface area (TPSA) is 62.4 Å². The van der Waals surface area contributed by atoms with Crippen molar-refractivity contribution in [2.75, 3.05) is 13.1 Å². The molecule has 6 heteroatoms. The zero-order valence-corrected chi connectivity index (χ0v) is 23.4. The van der Waals surface area contributed by atoms with Crippen molar-refractivity contribution in [3.63, 3.8) is 0 Å². The number of benzene rings is 2. The van der Waals surface area contributed by atoms with E-state index in [-0.39, 0.29) is 11.4 Å². The number of H-pyrrole nitrogens is 1. The van der Waals surface area contributed by atoms with Gasteiger partial charge in [-0.25, -0.2) is 0 Å². The van der Waals surface area contributed by atoms with Crippen molar-refractivity contribution >= 4 is 38.5 Å². The minimum atomic E-state index is -0.0985. The molecule has 1 saturated heterocycles. The van der Waals surface area contributed by atoms with Crippen LogP contribution in [0.5, 0.6) is 5.75 Å². The van der Waals surface area contributed by atoms with Gasteiger partial charge < -0.3 is 14.6 Å². The van der Waals surface area contributed by atoms with E-state index in [0.29, 0.717) is 24.2 Å². The number of Topliss-reactive ketones (excluding diaryl/α,β-unsaturated/α-hetero) is 1. The third-order valence-electron chi connectivity index (χ3n) is 7.55. The van der Waals surface area contributed by atoms with Gasteiger partial charge in [-0.3, -0.25) is 9.59 Å². The minimum absolute atomic E-state index is 0.0985. The number of nitrogens with zero attached hydrogens (tertiary/aromatic N) is 1. The summed E-state index contributed by atoms with van der Waals surface area (Å²) in [4.78, 5) is 28.4. The number of ether oxygens (including phenoxy) is 1. The molecule has 1 spiro atoms. The van der Waals surface area contributed by atoms with Crippen LogP contribution < -0.4 is 4.74 Å². The van der Waals surface area contributed by atoms with E-state index in [9.17, 15) is 9.59 Å². The Bertz CT molecular complexity index is 1220. The maximum Gasteiger partial charge on any atom is 0.222 e.